The van der Waals surface area contributed by atoms with Gasteiger partial charge in [0, 0.05) is 18.2 Å². The van der Waals surface area contributed by atoms with Crippen molar-refractivity contribution in [3.63, 3.8) is 0 Å². The minimum absolute atomic E-state index is 0.0160. The van der Waals surface area contributed by atoms with Crippen molar-refractivity contribution in [3.05, 3.63) is 46.0 Å². The van der Waals surface area contributed by atoms with Gasteiger partial charge in [-0.1, -0.05) is 0 Å². The zero-order chi connectivity index (χ0) is 14.0. The monoisotopic (exact) mass is 262 g/mol. The van der Waals surface area contributed by atoms with Gasteiger partial charge in [0.25, 0.3) is 5.69 Å². The molecule has 2 rings (SSSR count). The molecule has 100 valence electrons. The van der Waals surface area contributed by atoms with Gasteiger partial charge in [-0.15, -0.1) is 0 Å². The van der Waals surface area contributed by atoms with Crippen LogP contribution in [0.4, 0.5) is 5.69 Å². The summed E-state index contributed by atoms with van der Waals surface area (Å²) in [4.78, 5) is 23.2. The Hall–Kier alpha value is -2.21. The SMILES string of the molecule is CC1(O)CN(C(=O)C=Cc2ccc([N+](=O)[O-])cc2)C1. The number of nitro benzene ring substituents is 1. The summed E-state index contributed by atoms with van der Waals surface area (Å²) in [5, 5.41) is 20.0. The summed E-state index contributed by atoms with van der Waals surface area (Å²) in [7, 11) is 0. The Bertz CT molecular complexity index is 526. The van der Waals surface area contributed by atoms with Crippen molar-refractivity contribution in [2.75, 3.05) is 13.1 Å². The van der Waals surface area contributed by atoms with Gasteiger partial charge >= 0.3 is 0 Å². The number of aliphatic hydroxyl groups is 1. The predicted molar refractivity (Wildman–Crippen MR) is 69.3 cm³/mol. The molecular formula is C13H14N2O4. The number of nitrogens with zero attached hydrogens (tertiary/aromatic N) is 2. The first-order valence-corrected chi connectivity index (χ1v) is 5.81. The molecule has 1 aliphatic heterocycles. The van der Waals surface area contributed by atoms with Gasteiger partial charge < -0.3 is 10.0 Å². The Morgan fingerprint density at radius 2 is 2.00 bits per heavy atom. The smallest absolute Gasteiger partial charge is 0.269 e. The number of benzene rings is 1. The third kappa shape index (κ3) is 3.17. The zero-order valence-electron chi connectivity index (χ0n) is 10.4. The van der Waals surface area contributed by atoms with Gasteiger partial charge in [0.15, 0.2) is 0 Å². The molecule has 1 amide bonds. The number of carbonyl (C=O) groups excluding carboxylic acids is 1. The van der Waals surface area contributed by atoms with Crippen LogP contribution in [0, 0.1) is 10.1 Å². The van der Waals surface area contributed by atoms with Crippen molar-refractivity contribution in [1.29, 1.82) is 0 Å². The van der Waals surface area contributed by atoms with Crippen LogP contribution in [0.15, 0.2) is 30.3 Å². The van der Waals surface area contributed by atoms with Gasteiger partial charge in [-0.3, -0.25) is 14.9 Å². The maximum Gasteiger partial charge on any atom is 0.269 e. The molecule has 6 nitrogen and oxygen atoms in total. The van der Waals surface area contributed by atoms with Crippen molar-refractivity contribution in [2.24, 2.45) is 0 Å². The molecule has 1 fully saturated rings. The van der Waals surface area contributed by atoms with E-state index in [1.165, 1.54) is 23.1 Å². The van der Waals surface area contributed by atoms with Crippen LogP contribution in [0.25, 0.3) is 6.08 Å². The molecule has 6 heteroatoms. The molecular weight excluding hydrogens is 248 g/mol. The third-order valence-electron chi connectivity index (χ3n) is 2.90. The molecule has 0 unspecified atom stereocenters. The van der Waals surface area contributed by atoms with E-state index in [1.54, 1.807) is 25.1 Å². The highest BCUT2D eigenvalue weighted by Gasteiger charge is 2.38. The molecule has 1 aromatic carbocycles. The van der Waals surface area contributed by atoms with E-state index in [9.17, 15) is 20.0 Å². The Balaban J connectivity index is 1.95. The molecule has 0 aromatic heterocycles. The van der Waals surface area contributed by atoms with Crippen LogP contribution in [0.5, 0.6) is 0 Å². The first kappa shape index (κ1) is 13.2. The molecule has 1 aliphatic rings. The fraction of sp³-hybridized carbons (Fsp3) is 0.308. The van der Waals surface area contributed by atoms with Crippen molar-refractivity contribution >= 4 is 17.7 Å². The number of non-ortho nitro benzene ring substituents is 1. The number of likely N-dealkylation sites (tertiary alicyclic amines) is 1. The summed E-state index contributed by atoms with van der Waals surface area (Å²) in [6.07, 6.45) is 3.00. The van der Waals surface area contributed by atoms with E-state index in [1.807, 2.05) is 0 Å². The topological polar surface area (TPSA) is 83.7 Å². The van der Waals surface area contributed by atoms with Crippen molar-refractivity contribution in [1.82, 2.24) is 4.90 Å². The minimum Gasteiger partial charge on any atom is -0.386 e. The standard InChI is InChI=1S/C13H14N2O4/c1-13(17)8-14(9-13)12(16)7-4-10-2-5-11(6-3-10)15(18)19/h2-7,17H,8-9H2,1H3. The minimum atomic E-state index is -0.781. The van der Waals surface area contributed by atoms with Crippen LogP contribution in [0.3, 0.4) is 0 Å². The fourth-order valence-electron chi connectivity index (χ4n) is 1.91. The number of hydrogen-bond donors (Lipinski definition) is 1. The first-order valence-electron chi connectivity index (χ1n) is 5.81. The highest BCUT2D eigenvalue weighted by Crippen LogP contribution is 2.20. The second-order valence-electron chi connectivity index (χ2n) is 4.87. The molecule has 1 saturated heterocycles. The lowest BCUT2D eigenvalue weighted by molar-refractivity contribution is -0.384. The Morgan fingerprint density at radius 3 is 2.47 bits per heavy atom. The van der Waals surface area contributed by atoms with Crippen LogP contribution >= 0.6 is 0 Å². The van der Waals surface area contributed by atoms with E-state index in [0.29, 0.717) is 18.7 Å². The predicted octanol–water partition coefficient (Wildman–Crippen LogP) is 1.20. The van der Waals surface area contributed by atoms with Crippen LogP contribution in [-0.4, -0.2) is 39.5 Å². The number of hydrogen-bond acceptors (Lipinski definition) is 4. The Labute approximate surface area is 110 Å². The largest absolute Gasteiger partial charge is 0.386 e. The summed E-state index contributed by atoms with van der Waals surface area (Å²) in [6, 6.07) is 5.93. The quantitative estimate of drug-likeness (QED) is 0.504. The molecule has 0 aliphatic carbocycles. The van der Waals surface area contributed by atoms with Gasteiger partial charge in [-0.2, -0.15) is 0 Å². The number of β-amino-alcohol motifs (C(OH)–C–C–N with tert-alkyl or cyclic N) is 1. The van der Waals surface area contributed by atoms with Crippen molar-refractivity contribution < 1.29 is 14.8 Å². The van der Waals surface area contributed by atoms with Gasteiger partial charge in [0.05, 0.1) is 23.6 Å². The molecule has 19 heavy (non-hydrogen) atoms. The average molecular weight is 262 g/mol. The molecule has 0 spiro atoms. The van der Waals surface area contributed by atoms with E-state index < -0.39 is 10.5 Å². The highest BCUT2D eigenvalue weighted by atomic mass is 16.6. The van der Waals surface area contributed by atoms with Gasteiger partial charge in [-0.25, -0.2) is 0 Å². The van der Waals surface area contributed by atoms with E-state index in [0.717, 1.165) is 0 Å². The highest BCUT2D eigenvalue weighted by molar-refractivity contribution is 5.92. The van der Waals surface area contributed by atoms with E-state index in [4.69, 9.17) is 0 Å². The van der Waals surface area contributed by atoms with Crippen LogP contribution in [-0.2, 0) is 4.79 Å². The molecule has 0 bridgehead atoms. The normalized spacial score (nSPS) is 17.3. The van der Waals surface area contributed by atoms with E-state index in [-0.39, 0.29) is 11.6 Å². The summed E-state index contributed by atoms with van der Waals surface area (Å²) in [5.41, 5.74) is -0.0508. The third-order valence-corrected chi connectivity index (χ3v) is 2.90. The van der Waals surface area contributed by atoms with Crippen molar-refractivity contribution in [3.8, 4) is 0 Å². The van der Waals surface area contributed by atoms with Crippen LogP contribution in [0.1, 0.15) is 12.5 Å². The lowest BCUT2D eigenvalue weighted by Gasteiger charge is -2.43. The maximum atomic E-state index is 11.7. The second kappa shape index (κ2) is 4.81. The number of amides is 1. The van der Waals surface area contributed by atoms with Crippen molar-refractivity contribution in [2.45, 2.75) is 12.5 Å². The molecule has 0 radical (unpaired) electrons. The molecule has 0 saturated carbocycles. The van der Waals surface area contributed by atoms with Gasteiger partial charge in [0.2, 0.25) is 5.91 Å². The second-order valence-corrected chi connectivity index (χ2v) is 4.87. The van der Waals surface area contributed by atoms with Crippen LogP contribution in [0.2, 0.25) is 0 Å². The number of carbonyl (C=O) groups is 1. The number of nitro groups is 1. The molecule has 0 atom stereocenters. The Morgan fingerprint density at radius 1 is 1.42 bits per heavy atom. The first-order chi connectivity index (χ1) is 8.87. The lowest BCUT2D eigenvalue weighted by Crippen LogP contribution is -2.61. The van der Waals surface area contributed by atoms with E-state index in [2.05, 4.69) is 0 Å². The fourth-order valence-corrected chi connectivity index (χ4v) is 1.91. The maximum absolute atomic E-state index is 11.7. The Kier molecular flexibility index (Phi) is 3.35. The summed E-state index contributed by atoms with van der Waals surface area (Å²) in [5.74, 6) is -0.176. The van der Waals surface area contributed by atoms with Gasteiger partial charge in [-0.05, 0) is 30.7 Å². The molecule has 1 N–H and O–H groups in total. The summed E-state index contributed by atoms with van der Waals surface area (Å²) in [6.45, 7) is 2.34. The zero-order valence-corrected chi connectivity index (χ0v) is 10.4. The average Bonchev–Trinajstić information content (AvgIpc) is 2.33. The summed E-state index contributed by atoms with van der Waals surface area (Å²) >= 11 is 0. The molecule has 1 heterocycles. The summed E-state index contributed by atoms with van der Waals surface area (Å²) < 4.78 is 0. The van der Waals surface area contributed by atoms with Crippen LogP contribution < -0.4 is 0 Å². The number of rotatable bonds is 3. The molecule has 1 aromatic rings. The van der Waals surface area contributed by atoms with Gasteiger partial charge in [0.1, 0.15) is 0 Å². The lowest BCUT2D eigenvalue weighted by atomic mass is 9.97. The van der Waals surface area contributed by atoms with E-state index >= 15 is 0 Å².